The van der Waals surface area contributed by atoms with Gasteiger partial charge in [-0.2, -0.15) is 0 Å². The Bertz CT molecular complexity index is 2060. The molecule has 0 unspecified atom stereocenters. The van der Waals surface area contributed by atoms with E-state index in [1.54, 1.807) is 24.9 Å². The van der Waals surface area contributed by atoms with Gasteiger partial charge in [-0.1, -0.05) is 42.5 Å². The molecule has 3 aromatic heterocycles. The van der Waals surface area contributed by atoms with E-state index in [1.165, 1.54) is 11.3 Å². The van der Waals surface area contributed by atoms with E-state index in [-0.39, 0.29) is 12.5 Å². The van der Waals surface area contributed by atoms with Gasteiger partial charge in [-0.15, -0.1) is 5.10 Å². The fourth-order valence-corrected chi connectivity index (χ4v) is 5.46. The van der Waals surface area contributed by atoms with Gasteiger partial charge < -0.3 is 23.9 Å². The highest BCUT2D eigenvalue weighted by Crippen LogP contribution is 2.37. The lowest BCUT2D eigenvalue weighted by atomic mass is 10.1. The number of nitrogens with zero attached hydrogens (tertiary/aromatic N) is 3. The van der Waals surface area contributed by atoms with Crippen LogP contribution in [0.3, 0.4) is 0 Å². The van der Waals surface area contributed by atoms with Crippen molar-refractivity contribution in [2.24, 2.45) is 0 Å². The van der Waals surface area contributed by atoms with Crippen molar-refractivity contribution in [3.05, 3.63) is 102 Å². The van der Waals surface area contributed by atoms with Crippen molar-refractivity contribution >= 4 is 49.6 Å². The molecular weight excluding hydrogens is 552 g/mol. The summed E-state index contributed by atoms with van der Waals surface area (Å²) in [4.78, 5) is 18.3. The molecule has 10 heteroatoms. The number of hydrogen-bond acceptors (Lipinski definition) is 8. The molecule has 0 spiro atoms. The Kier molecular flexibility index (Phi) is 6.44. The number of imidazole rings is 1. The quantitative estimate of drug-likeness (QED) is 0.204. The van der Waals surface area contributed by atoms with E-state index < -0.39 is 0 Å². The Balaban J connectivity index is 1.11. The molecule has 1 amide bonds. The second-order valence-corrected chi connectivity index (χ2v) is 10.5. The van der Waals surface area contributed by atoms with E-state index in [1.807, 2.05) is 84.9 Å². The predicted octanol–water partition coefficient (Wildman–Crippen LogP) is 7.21. The summed E-state index contributed by atoms with van der Waals surface area (Å²) in [5, 5.41) is 10.8. The van der Waals surface area contributed by atoms with Gasteiger partial charge in [0, 0.05) is 23.4 Å². The van der Waals surface area contributed by atoms with Gasteiger partial charge in [0.15, 0.2) is 5.76 Å². The minimum atomic E-state index is -0.174. The molecule has 0 saturated heterocycles. The van der Waals surface area contributed by atoms with Crippen molar-refractivity contribution in [2.45, 2.75) is 6.61 Å². The SMILES string of the molecule is COc1cc(OCc2cccc(NC(=O)c3ccc4ccccc4c3)c2)c2cc(-c3cn4nc(OC)sc4n3)oc2c1. The van der Waals surface area contributed by atoms with Crippen molar-refractivity contribution < 1.29 is 23.4 Å². The molecule has 4 aromatic carbocycles. The summed E-state index contributed by atoms with van der Waals surface area (Å²) in [5.74, 6) is 1.61. The lowest BCUT2D eigenvalue weighted by Gasteiger charge is -2.11. The highest BCUT2D eigenvalue weighted by atomic mass is 32.1. The zero-order chi connectivity index (χ0) is 28.6. The Morgan fingerprint density at radius 2 is 1.83 bits per heavy atom. The normalized spacial score (nSPS) is 11.3. The van der Waals surface area contributed by atoms with E-state index in [4.69, 9.17) is 18.6 Å². The van der Waals surface area contributed by atoms with Crippen LogP contribution in [0.1, 0.15) is 15.9 Å². The zero-order valence-electron chi connectivity index (χ0n) is 22.7. The van der Waals surface area contributed by atoms with Crippen molar-refractivity contribution in [2.75, 3.05) is 19.5 Å². The van der Waals surface area contributed by atoms with Crippen LogP contribution < -0.4 is 19.5 Å². The first kappa shape index (κ1) is 25.6. The second kappa shape index (κ2) is 10.6. The summed E-state index contributed by atoms with van der Waals surface area (Å²) in [5.41, 5.74) is 3.42. The maximum atomic E-state index is 13.0. The molecule has 0 aliphatic heterocycles. The Morgan fingerprint density at radius 1 is 0.952 bits per heavy atom. The number of rotatable bonds is 8. The van der Waals surface area contributed by atoms with Crippen LogP contribution in [0.2, 0.25) is 0 Å². The third kappa shape index (κ3) is 4.88. The summed E-state index contributed by atoms with van der Waals surface area (Å²) < 4.78 is 24.7. The van der Waals surface area contributed by atoms with Gasteiger partial charge >= 0.3 is 0 Å². The van der Waals surface area contributed by atoms with E-state index in [2.05, 4.69) is 15.4 Å². The molecule has 42 heavy (non-hydrogen) atoms. The predicted molar refractivity (Wildman–Crippen MR) is 162 cm³/mol. The number of carbonyl (C=O) groups excluding carboxylic acids is 1. The molecule has 1 N–H and O–H groups in total. The van der Waals surface area contributed by atoms with Crippen LogP contribution in [0, 0.1) is 0 Å². The maximum absolute atomic E-state index is 13.0. The van der Waals surface area contributed by atoms with E-state index in [0.29, 0.717) is 49.9 Å². The minimum absolute atomic E-state index is 0.174. The molecule has 0 aliphatic rings. The zero-order valence-corrected chi connectivity index (χ0v) is 23.5. The van der Waals surface area contributed by atoms with Crippen LogP contribution in [0.25, 0.3) is 38.2 Å². The van der Waals surface area contributed by atoms with E-state index in [0.717, 1.165) is 21.7 Å². The molecule has 7 aromatic rings. The van der Waals surface area contributed by atoms with Crippen LogP contribution in [0.5, 0.6) is 16.7 Å². The van der Waals surface area contributed by atoms with Gasteiger partial charge in [-0.05, 0) is 58.0 Å². The number of methoxy groups -OCH3 is 2. The number of anilines is 1. The summed E-state index contributed by atoms with van der Waals surface area (Å²) >= 11 is 1.34. The average Bonchev–Trinajstić information content (AvgIpc) is 3.73. The first-order chi connectivity index (χ1) is 20.6. The van der Waals surface area contributed by atoms with Crippen molar-refractivity contribution in [1.29, 1.82) is 0 Å². The van der Waals surface area contributed by atoms with Gasteiger partial charge in [0.05, 0.1) is 25.8 Å². The molecule has 208 valence electrons. The van der Waals surface area contributed by atoms with Crippen molar-refractivity contribution in [1.82, 2.24) is 14.6 Å². The molecule has 0 bridgehead atoms. The third-order valence-electron chi connectivity index (χ3n) is 6.85. The molecule has 9 nitrogen and oxygen atoms in total. The lowest BCUT2D eigenvalue weighted by Crippen LogP contribution is -2.12. The Morgan fingerprint density at radius 3 is 2.67 bits per heavy atom. The largest absolute Gasteiger partial charge is 0.496 e. The number of ether oxygens (including phenoxy) is 3. The van der Waals surface area contributed by atoms with Gasteiger partial charge in [-0.3, -0.25) is 4.79 Å². The van der Waals surface area contributed by atoms with Crippen molar-refractivity contribution in [3.8, 4) is 28.1 Å². The van der Waals surface area contributed by atoms with E-state index in [9.17, 15) is 4.79 Å². The number of fused-ring (bicyclic) bond motifs is 3. The van der Waals surface area contributed by atoms with E-state index >= 15 is 0 Å². The summed E-state index contributed by atoms with van der Waals surface area (Å²) in [6, 6.07) is 26.8. The molecule has 0 atom stereocenters. The molecule has 0 aliphatic carbocycles. The highest BCUT2D eigenvalue weighted by Gasteiger charge is 2.17. The number of aromatic nitrogens is 3. The highest BCUT2D eigenvalue weighted by molar-refractivity contribution is 7.18. The first-order valence-electron chi connectivity index (χ1n) is 13.1. The number of furan rings is 1. The first-order valence-corrected chi connectivity index (χ1v) is 13.9. The van der Waals surface area contributed by atoms with Gasteiger partial charge in [0.2, 0.25) is 4.96 Å². The van der Waals surface area contributed by atoms with Gasteiger partial charge in [-0.25, -0.2) is 9.50 Å². The van der Waals surface area contributed by atoms with Crippen LogP contribution in [-0.2, 0) is 6.61 Å². The second-order valence-electron chi connectivity index (χ2n) is 9.58. The molecule has 3 heterocycles. The minimum Gasteiger partial charge on any atom is -0.496 e. The smallest absolute Gasteiger partial charge is 0.294 e. The van der Waals surface area contributed by atoms with Crippen molar-refractivity contribution in [3.63, 3.8) is 0 Å². The monoisotopic (exact) mass is 576 g/mol. The summed E-state index contributed by atoms with van der Waals surface area (Å²) in [6.45, 7) is 0.270. The number of carbonyl (C=O) groups is 1. The van der Waals surface area contributed by atoms with Crippen LogP contribution in [0.4, 0.5) is 5.69 Å². The van der Waals surface area contributed by atoms with Gasteiger partial charge in [0.25, 0.3) is 11.1 Å². The van der Waals surface area contributed by atoms with Crippen LogP contribution in [0.15, 0.2) is 95.5 Å². The standard InChI is InChI=1S/C32H24N4O5S/c1-38-24-14-27(25-16-29(41-28(25)15-24)26-17-36-31(34-26)42-32(35-36)39-2)40-18-19-6-5-9-23(12-19)33-30(37)22-11-10-20-7-3-4-8-21(20)13-22/h3-17H,18H2,1-2H3,(H,33,37). The number of nitrogens with one attached hydrogen (secondary N) is 1. The fraction of sp³-hybridized carbons (Fsp3) is 0.0938. The molecule has 0 fully saturated rings. The van der Waals surface area contributed by atoms with Gasteiger partial charge in [0.1, 0.15) is 29.4 Å². The molecule has 0 saturated carbocycles. The summed E-state index contributed by atoms with van der Waals surface area (Å²) in [6.07, 6.45) is 1.79. The molecular formula is C32H24N4O5S. The number of benzene rings is 4. The average molecular weight is 577 g/mol. The molecule has 7 rings (SSSR count). The fourth-order valence-electron chi connectivity index (χ4n) is 4.76. The summed E-state index contributed by atoms with van der Waals surface area (Å²) in [7, 11) is 3.17. The Hall–Kier alpha value is -5.35. The third-order valence-corrected chi connectivity index (χ3v) is 7.74. The van der Waals surface area contributed by atoms with Crippen LogP contribution in [-0.4, -0.2) is 34.7 Å². The molecule has 0 radical (unpaired) electrons. The maximum Gasteiger partial charge on any atom is 0.294 e. The lowest BCUT2D eigenvalue weighted by molar-refractivity contribution is 0.102. The number of amides is 1. The number of hydrogen-bond donors (Lipinski definition) is 1. The van der Waals surface area contributed by atoms with Crippen LogP contribution >= 0.6 is 11.3 Å². The Labute approximate surface area is 243 Å². The topological polar surface area (TPSA) is 100 Å².